The topological polar surface area (TPSA) is 81.0 Å². The predicted octanol–water partition coefficient (Wildman–Crippen LogP) is 2.73. The molecule has 30 heavy (non-hydrogen) atoms. The van der Waals surface area contributed by atoms with Crippen molar-refractivity contribution in [3.8, 4) is 5.95 Å². The van der Waals surface area contributed by atoms with E-state index >= 15 is 0 Å². The van der Waals surface area contributed by atoms with E-state index in [9.17, 15) is 21.6 Å². The summed E-state index contributed by atoms with van der Waals surface area (Å²) in [6.07, 6.45) is 2.72. The molecule has 2 aromatic heterocycles. The van der Waals surface area contributed by atoms with Crippen LogP contribution in [0, 0.1) is 5.92 Å². The molecule has 164 valence electrons. The molecule has 4 rings (SSSR count). The number of halogens is 3. The highest BCUT2D eigenvalue weighted by atomic mass is 32.2. The van der Waals surface area contributed by atoms with Crippen LogP contribution >= 0.6 is 0 Å². The molecule has 0 atom stereocenters. The Morgan fingerprint density at radius 3 is 2.43 bits per heavy atom. The van der Waals surface area contributed by atoms with Gasteiger partial charge in [0.05, 0.1) is 17.2 Å². The van der Waals surface area contributed by atoms with E-state index in [2.05, 4.69) is 15.1 Å². The van der Waals surface area contributed by atoms with E-state index in [-0.39, 0.29) is 41.9 Å². The second-order valence-electron chi connectivity index (χ2n) is 8.05. The Bertz CT molecular complexity index is 987. The van der Waals surface area contributed by atoms with Gasteiger partial charge in [-0.15, -0.1) is 0 Å². The van der Waals surface area contributed by atoms with Crippen molar-refractivity contribution in [2.24, 2.45) is 5.92 Å². The van der Waals surface area contributed by atoms with Crippen molar-refractivity contribution in [2.45, 2.75) is 44.7 Å². The number of hydrogen-bond acceptors (Lipinski definition) is 6. The van der Waals surface area contributed by atoms with E-state index in [4.69, 9.17) is 0 Å². The fourth-order valence-corrected chi connectivity index (χ4v) is 5.13. The monoisotopic (exact) mass is 443 g/mol. The van der Waals surface area contributed by atoms with Gasteiger partial charge in [-0.3, -0.25) is 0 Å². The first-order valence-electron chi connectivity index (χ1n) is 10.1. The van der Waals surface area contributed by atoms with Gasteiger partial charge >= 0.3 is 0 Å². The average Bonchev–Trinajstić information content (AvgIpc) is 3.19. The van der Waals surface area contributed by atoms with Crippen molar-refractivity contribution in [3.05, 3.63) is 29.7 Å². The Morgan fingerprint density at radius 2 is 1.80 bits per heavy atom. The largest absolute Gasteiger partial charge is 0.354 e. The molecule has 2 aliphatic rings. The van der Waals surface area contributed by atoms with Crippen molar-refractivity contribution in [1.29, 1.82) is 0 Å². The maximum atomic E-state index is 13.5. The molecule has 0 unspecified atom stereocenters. The molecule has 1 saturated heterocycles. The van der Waals surface area contributed by atoms with Crippen LogP contribution in [-0.4, -0.2) is 58.7 Å². The van der Waals surface area contributed by atoms with E-state index < -0.39 is 22.4 Å². The molecule has 11 heteroatoms. The Labute approximate surface area is 173 Å². The fraction of sp³-hybridized carbons (Fsp3) is 0.632. The van der Waals surface area contributed by atoms with Crippen molar-refractivity contribution >= 4 is 15.7 Å². The average molecular weight is 443 g/mol. The summed E-state index contributed by atoms with van der Waals surface area (Å²) < 4.78 is 64.8. The van der Waals surface area contributed by atoms with Crippen LogP contribution in [0.1, 0.15) is 37.1 Å². The molecule has 1 aliphatic heterocycles. The van der Waals surface area contributed by atoms with Crippen molar-refractivity contribution < 1.29 is 21.6 Å². The van der Waals surface area contributed by atoms with E-state index in [0.29, 0.717) is 43.9 Å². The first-order valence-corrected chi connectivity index (χ1v) is 11.9. The quantitative estimate of drug-likeness (QED) is 0.707. The molecule has 0 amide bonds. The summed E-state index contributed by atoms with van der Waals surface area (Å²) in [7, 11) is -3.05. The summed E-state index contributed by atoms with van der Waals surface area (Å²) in [5, 5.41) is 4.12. The molecule has 0 N–H and O–H groups in total. The van der Waals surface area contributed by atoms with Gasteiger partial charge in [-0.2, -0.15) is 10.1 Å². The van der Waals surface area contributed by atoms with Gasteiger partial charge in [0.15, 0.2) is 9.84 Å². The zero-order valence-electron chi connectivity index (χ0n) is 16.5. The van der Waals surface area contributed by atoms with Crippen LogP contribution in [0.3, 0.4) is 0 Å². The number of hydrogen-bond donors (Lipinski definition) is 0. The first-order chi connectivity index (χ1) is 14.2. The van der Waals surface area contributed by atoms with E-state index in [1.54, 1.807) is 12.3 Å². The lowest BCUT2D eigenvalue weighted by atomic mass is 9.84. The van der Waals surface area contributed by atoms with Gasteiger partial charge in [-0.05, 0) is 31.2 Å². The summed E-state index contributed by atoms with van der Waals surface area (Å²) in [5.41, 5.74) is 0.945. The minimum absolute atomic E-state index is 0.0488. The summed E-state index contributed by atoms with van der Waals surface area (Å²) in [6, 6.07) is 3.33. The molecule has 2 fully saturated rings. The van der Waals surface area contributed by atoms with Gasteiger partial charge in [0.2, 0.25) is 5.92 Å². The number of nitrogens with zero attached hydrogens (tertiary/aromatic N) is 5. The zero-order valence-corrected chi connectivity index (χ0v) is 17.3. The summed E-state index contributed by atoms with van der Waals surface area (Å²) in [5.74, 6) is -1.56. The molecule has 1 saturated carbocycles. The highest BCUT2D eigenvalue weighted by Crippen LogP contribution is 2.37. The fourth-order valence-electron chi connectivity index (χ4n) is 3.92. The maximum absolute atomic E-state index is 13.5. The molecule has 0 spiro atoms. The van der Waals surface area contributed by atoms with Gasteiger partial charge in [-0.25, -0.2) is 31.3 Å². The second kappa shape index (κ2) is 8.16. The minimum atomic E-state index is -3.05. The molecule has 1 aliphatic carbocycles. The summed E-state index contributed by atoms with van der Waals surface area (Å²) >= 11 is 0. The molecule has 0 bridgehead atoms. The number of aromatic nitrogens is 4. The van der Waals surface area contributed by atoms with Crippen LogP contribution in [0.2, 0.25) is 0 Å². The minimum Gasteiger partial charge on any atom is -0.354 e. The summed E-state index contributed by atoms with van der Waals surface area (Å²) in [6.45, 7) is -0.0642. The molecular weight excluding hydrogens is 419 g/mol. The van der Waals surface area contributed by atoms with Crippen LogP contribution in [0.5, 0.6) is 0 Å². The van der Waals surface area contributed by atoms with Crippen LogP contribution in [0.25, 0.3) is 5.95 Å². The molecule has 0 radical (unpaired) electrons. The lowest BCUT2D eigenvalue weighted by Gasteiger charge is -2.29. The van der Waals surface area contributed by atoms with Crippen LogP contribution in [0.15, 0.2) is 18.3 Å². The molecule has 0 aromatic carbocycles. The SMILES string of the molecule is O=S1(=O)CCN(c2cc(CC3CCC(F)(F)CC3)nc(-n3ccc(CF)n3)n2)CC1. The number of rotatable bonds is 5. The van der Waals surface area contributed by atoms with E-state index in [0.717, 1.165) is 0 Å². The summed E-state index contributed by atoms with van der Waals surface area (Å²) in [4.78, 5) is 10.9. The molecule has 2 aromatic rings. The van der Waals surface area contributed by atoms with Crippen LogP contribution in [0.4, 0.5) is 19.0 Å². The number of sulfone groups is 1. The Balaban J connectivity index is 1.60. The van der Waals surface area contributed by atoms with Crippen molar-refractivity contribution in [3.63, 3.8) is 0 Å². The maximum Gasteiger partial charge on any atom is 0.252 e. The van der Waals surface area contributed by atoms with Crippen LogP contribution in [-0.2, 0) is 22.9 Å². The third-order valence-electron chi connectivity index (χ3n) is 5.74. The van der Waals surface area contributed by atoms with E-state index in [1.807, 2.05) is 4.90 Å². The molecule has 3 heterocycles. The van der Waals surface area contributed by atoms with Gasteiger partial charge in [-0.1, -0.05) is 0 Å². The molecular formula is C19H24F3N5O2S. The lowest BCUT2D eigenvalue weighted by molar-refractivity contribution is -0.0457. The Kier molecular flexibility index (Phi) is 5.73. The van der Waals surface area contributed by atoms with Crippen molar-refractivity contribution in [1.82, 2.24) is 19.7 Å². The van der Waals surface area contributed by atoms with Gasteiger partial charge in [0.25, 0.3) is 5.95 Å². The third kappa shape index (κ3) is 4.93. The van der Waals surface area contributed by atoms with Gasteiger partial charge in [0, 0.05) is 43.9 Å². The lowest BCUT2D eigenvalue weighted by Crippen LogP contribution is -2.41. The Hall–Kier alpha value is -2.17. The smallest absolute Gasteiger partial charge is 0.252 e. The second-order valence-corrected chi connectivity index (χ2v) is 10.3. The standard InChI is InChI=1S/C19H24F3N5O2S/c20-13-15-3-6-27(25-15)18-23-16(11-14-1-4-19(21,22)5-2-14)12-17(24-18)26-7-9-30(28,29)10-8-26/h3,6,12,14H,1-2,4-5,7-11,13H2. The zero-order chi connectivity index (χ0) is 21.4. The normalized spacial score (nSPS) is 21.6. The predicted molar refractivity (Wildman–Crippen MR) is 105 cm³/mol. The highest BCUT2D eigenvalue weighted by molar-refractivity contribution is 7.91. The Morgan fingerprint density at radius 1 is 1.10 bits per heavy atom. The molecule has 7 nitrogen and oxygen atoms in total. The number of alkyl halides is 3. The third-order valence-corrected chi connectivity index (χ3v) is 7.35. The number of anilines is 1. The van der Waals surface area contributed by atoms with Crippen molar-refractivity contribution in [2.75, 3.05) is 29.5 Å². The van der Waals surface area contributed by atoms with E-state index in [1.165, 1.54) is 10.7 Å². The first kappa shape index (κ1) is 21.1. The van der Waals surface area contributed by atoms with Gasteiger partial charge < -0.3 is 4.90 Å². The highest BCUT2D eigenvalue weighted by Gasteiger charge is 2.35. The van der Waals surface area contributed by atoms with Crippen LogP contribution < -0.4 is 4.90 Å². The van der Waals surface area contributed by atoms with Gasteiger partial charge in [0.1, 0.15) is 12.5 Å².